The van der Waals surface area contributed by atoms with Crippen molar-refractivity contribution in [1.29, 1.82) is 0 Å². The number of furan rings is 1. The Morgan fingerprint density at radius 3 is 2.81 bits per heavy atom. The molecule has 2 aromatic heterocycles. The van der Waals surface area contributed by atoms with Crippen LogP contribution in [0, 0.1) is 6.92 Å². The molecule has 2 aromatic rings. The van der Waals surface area contributed by atoms with E-state index in [-0.39, 0.29) is 11.9 Å². The first-order valence-electron chi connectivity index (χ1n) is 7.27. The van der Waals surface area contributed by atoms with Crippen LogP contribution in [-0.4, -0.2) is 30.0 Å². The minimum Gasteiger partial charge on any atom is -0.463 e. The molecule has 3 rings (SSSR count). The molecule has 1 saturated heterocycles. The molecule has 0 unspecified atom stereocenters. The Kier molecular flexibility index (Phi) is 4.01. The second-order valence-corrected chi connectivity index (χ2v) is 5.30. The molecule has 2 N–H and O–H groups in total. The highest BCUT2D eigenvalue weighted by Gasteiger charge is 2.18. The van der Waals surface area contributed by atoms with Crippen LogP contribution in [0.15, 0.2) is 34.9 Å². The summed E-state index contributed by atoms with van der Waals surface area (Å²) in [5.41, 5.74) is 2.09. The van der Waals surface area contributed by atoms with Gasteiger partial charge in [-0.25, -0.2) is 4.98 Å². The Morgan fingerprint density at radius 2 is 2.14 bits per heavy atom. The summed E-state index contributed by atoms with van der Waals surface area (Å²) in [5, 5.41) is 6.38. The van der Waals surface area contributed by atoms with E-state index < -0.39 is 0 Å². The molecular weight excluding hydrogens is 266 g/mol. The fourth-order valence-electron chi connectivity index (χ4n) is 2.59. The van der Waals surface area contributed by atoms with Crippen molar-refractivity contribution in [3.05, 3.63) is 41.8 Å². The molecule has 1 fully saturated rings. The monoisotopic (exact) mass is 285 g/mol. The summed E-state index contributed by atoms with van der Waals surface area (Å²) in [6.45, 7) is 3.77. The Labute approximate surface area is 123 Å². The van der Waals surface area contributed by atoms with E-state index in [4.69, 9.17) is 4.42 Å². The average Bonchev–Trinajstić information content (AvgIpc) is 3.02. The second-order valence-electron chi connectivity index (χ2n) is 5.30. The van der Waals surface area contributed by atoms with Crippen molar-refractivity contribution in [3.63, 3.8) is 0 Å². The molecule has 1 aliphatic heterocycles. The van der Waals surface area contributed by atoms with Crippen LogP contribution in [0.2, 0.25) is 0 Å². The standard InChI is InChI=1S/C16H19N3O2/c1-11-13(16(20)19-12-6-8-17-9-7-12)4-5-14(18-11)15-3-2-10-21-15/h2-5,10,12,17H,6-9H2,1H3,(H,19,20). The van der Waals surface area contributed by atoms with Crippen LogP contribution in [0.4, 0.5) is 0 Å². The van der Waals surface area contributed by atoms with Crippen molar-refractivity contribution in [2.45, 2.75) is 25.8 Å². The van der Waals surface area contributed by atoms with Crippen molar-refractivity contribution < 1.29 is 9.21 Å². The Morgan fingerprint density at radius 1 is 1.33 bits per heavy atom. The van der Waals surface area contributed by atoms with Crippen molar-refractivity contribution in [2.24, 2.45) is 0 Å². The van der Waals surface area contributed by atoms with Crippen molar-refractivity contribution in [1.82, 2.24) is 15.6 Å². The maximum Gasteiger partial charge on any atom is 0.253 e. The molecule has 0 radical (unpaired) electrons. The Hall–Kier alpha value is -2.14. The molecule has 3 heterocycles. The van der Waals surface area contributed by atoms with Crippen LogP contribution in [0.3, 0.4) is 0 Å². The SMILES string of the molecule is Cc1nc(-c2ccco2)ccc1C(=O)NC1CCNCC1. The fourth-order valence-corrected chi connectivity index (χ4v) is 2.59. The fraction of sp³-hybridized carbons (Fsp3) is 0.375. The molecule has 0 spiro atoms. The molecule has 5 heteroatoms. The summed E-state index contributed by atoms with van der Waals surface area (Å²) in [6.07, 6.45) is 3.56. The minimum atomic E-state index is -0.0436. The number of piperidine rings is 1. The Balaban J connectivity index is 1.74. The van der Waals surface area contributed by atoms with Gasteiger partial charge in [0.2, 0.25) is 0 Å². The van der Waals surface area contributed by atoms with E-state index in [1.165, 1.54) is 0 Å². The van der Waals surface area contributed by atoms with Crippen LogP contribution in [0.1, 0.15) is 28.9 Å². The summed E-state index contributed by atoms with van der Waals surface area (Å²) in [7, 11) is 0. The molecule has 0 aliphatic carbocycles. The molecule has 1 aliphatic rings. The highest BCUT2D eigenvalue weighted by Crippen LogP contribution is 2.19. The zero-order chi connectivity index (χ0) is 14.7. The third-order valence-electron chi connectivity index (χ3n) is 3.78. The average molecular weight is 285 g/mol. The van der Waals surface area contributed by atoms with Gasteiger partial charge in [-0.05, 0) is 57.1 Å². The lowest BCUT2D eigenvalue weighted by molar-refractivity contribution is 0.0928. The predicted molar refractivity (Wildman–Crippen MR) is 80.0 cm³/mol. The van der Waals surface area contributed by atoms with Crippen LogP contribution in [0.5, 0.6) is 0 Å². The van der Waals surface area contributed by atoms with E-state index >= 15 is 0 Å². The van der Waals surface area contributed by atoms with Crippen LogP contribution in [-0.2, 0) is 0 Å². The van der Waals surface area contributed by atoms with Gasteiger partial charge in [0.15, 0.2) is 5.76 Å². The highest BCUT2D eigenvalue weighted by molar-refractivity contribution is 5.95. The van der Waals surface area contributed by atoms with Gasteiger partial charge in [0.05, 0.1) is 17.5 Å². The number of aromatic nitrogens is 1. The van der Waals surface area contributed by atoms with Crippen LogP contribution in [0.25, 0.3) is 11.5 Å². The first kappa shape index (κ1) is 13.8. The lowest BCUT2D eigenvalue weighted by Crippen LogP contribution is -2.42. The molecular formula is C16H19N3O2. The topological polar surface area (TPSA) is 67.2 Å². The molecule has 0 atom stereocenters. The number of carbonyl (C=O) groups is 1. The van der Waals surface area contributed by atoms with Crippen LogP contribution < -0.4 is 10.6 Å². The van der Waals surface area contributed by atoms with E-state index in [0.29, 0.717) is 11.3 Å². The van der Waals surface area contributed by atoms with Gasteiger partial charge in [0.25, 0.3) is 5.91 Å². The molecule has 110 valence electrons. The van der Waals surface area contributed by atoms with E-state index in [0.717, 1.165) is 37.3 Å². The number of hydrogen-bond acceptors (Lipinski definition) is 4. The first-order chi connectivity index (χ1) is 10.2. The largest absolute Gasteiger partial charge is 0.463 e. The maximum atomic E-state index is 12.3. The number of amides is 1. The van der Waals surface area contributed by atoms with E-state index in [9.17, 15) is 4.79 Å². The normalized spacial score (nSPS) is 15.9. The number of hydrogen-bond donors (Lipinski definition) is 2. The predicted octanol–water partition coefficient (Wildman–Crippen LogP) is 2.13. The van der Waals surface area contributed by atoms with Gasteiger partial charge in [0, 0.05) is 6.04 Å². The van der Waals surface area contributed by atoms with Gasteiger partial charge < -0.3 is 15.1 Å². The summed E-state index contributed by atoms with van der Waals surface area (Å²) >= 11 is 0. The van der Waals surface area contributed by atoms with Crippen molar-refractivity contribution >= 4 is 5.91 Å². The number of aryl methyl sites for hydroxylation is 1. The summed E-state index contributed by atoms with van der Waals surface area (Å²) in [4.78, 5) is 16.8. The van der Waals surface area contributed by atoms with Gasteiger partial charge in [-0.1, -0.05) is 0 Å². The number of pyridine rings is 1. The highest BCUT2D eigenvalue weighted by atomic mass is 16.3. The number of nitrogens with zero attached hydrogens (tertiary/aromatic N) is 1. The number of nitrogens with one attached hydrogen (secondary N) is 2. The first-order valence-corrected chi connectivity index (χ1v) is 7.27. The van der Waals surface area contributed by atoms with Gasteiger partial charge in [-0.15, -0.1) is 0 Å². The second kappa shape index (κ2) is 6.10. The van der Waals surface area contributed by atoms with Crippen molar-refractivity contribution in [3.8, 4) is 11.5 Å². The van der Waals surface area contributed by atoms with Gasteiger partial charge in [-0.3, -0.25) is 4.79 Å². The zero-order valence-corrected chi connectivity index (χ0v) is 12.1. The molecule has 1 amide bonds. The molecule has 21 heavy (non-hydrogen) atoms. The Bertz CT molecular complexity index is 616. The number of rotatable bonds is 3. The molecule has 5 nitrogen and oxygen atoms in total. The lowest BCUT2D eigenvalue weighted by atomic mass is 10.1. The summed E-state index contributed by atoms with van der Waals surface area (Å²) < 4.78 is 5.33. The third-order valence-corrected chi connectivity index (χ3v) is 3.78. The maximum absolute atomic E-state index is 12.3. The lowest BCUT2D eigenvalue weighted by Gasteiger charge is -2.23. The molecule has 0 saturated carbocycles. The van der Waals surface area contributed by atoms with E-state index in [1.54, 1.807) is 6.26 Å². The smallest absolute Gasteiger partial charge is 0.253 e. The zero-order valence-electron chi connectivity index (χ0n) is 12.1. The van der Waals surface area contributed by atoms with Crippen LogP contribution >= 0.6 is 0 Å². The quantitative estimate of drug-likeness (QED) is 0.906. The molecule has 0 bridgehead atoms. The summed E-state index contributed by atoms with van der Waals surface area (Å²) in [6, 6.07) is 7.57. The third kappa shape index (κ3) is 3.13. The summed E-state index contributed by atoms with van der Waals surface area (Å²) in [5.74, 6) is 0.668. The number of carbonyl (C=O) groups excluding carboxylic acids is 1. The van der Waals surface area contributed by atoms with Gasteiger partial charge >= 0.3 is 0 Å². The van der Waals surface area contributed by atoms with Crippen molar-refractivity contribution in [2.75, 3.05) is 13.1 Å². The minimum absolute atomic E-state index is 0.0436. The van der Waals surface area contributed by atoms with E-state index in [2.05, 4.69) is 15.6 Å². The van der Waals surface area contributed by atoms with E-state index in [1.807, 2.05) is 31.2 Å². The van der Waals surface area contributed by atoms with Gasteiger partial charge in [0.1, 0.15) is 5.69 Å². The van der Waals surface area contributed by atoms with Gasteiger partial charge in [-0.2, -0.15) is 0 Å². The molecule has 0 aromatic carbocycles.